The van der Waals surface area contributed by atoms with Gasteiger partial charge >= 0.3 is 0 Å². The van der Waals surface area contributed by atoms with Crippen molar-refractivity contribution in [1.82, 2.24) is 14.9 Å². The molecule has 1 fully saturated rings. The number of hydrogen-bond donors (Lipinski definition) is 1. The van der Waals surface area contributed by atoms with Gasteiger partial charge in [0.1, 0.15) is 11.6 Å². The van der Waals surface area contributed by atoms with Crippen molar-refractivity contribution in [3.05, 3.63) is 63.9 Å². The maximum atomic E-state index is 15.2. The number of carbonyl (C=O) groups excluding carboxylic acids is 1. The number of nitrogens with two attached hydrogens (primary N) is 1. The predicted molar refractivity (Wildman–Crippen MR) is 126 cm³/mol. The molecule has 1 aliphatic carbocycles. The van der Waals surface area contributed by atoms with Crippen molar-refractivity contribution in [3.63, 3.8) is 0 Å². The summed E-state index contributed by atoms with van der Waals surface area (Å²) >= 11 is 1.57. The highest BCUT2D eigenvalue weighted by atomic mass is 32.1. The van der Waals surface area contributed by atoms with Crippen LogP contribution in [0.25, 0.3) is 21.1 Å². The van der Waals surface area contributed by atoms with Crippen LogP contribution in [0.5, 0.6) is 0 Å². The molecule has 2 aromatic heterocycles. The van der Waals surface area contributed by atoms with E-state index in [9.17, 15) is 4.79 Å². The first-order chi connectivity index (χ1) is 16.0. The molecule has 8 heteroatoms. The van der Waals surface area contributed by atoms with Gasteiger partial charge in [-0.05, 0) is 55.0 Å². The monoisotopic (exact) mass is 462 g/mol. The van der Waals surface area contributed by atoms with Gasteiger partial charge < -0.3 is 15.4 Å². The Morgan fingerprint density at radius 1 is 1.27 bits per heavy atom. The van der Waals surface area contributed by atoms with Gasteiger partial charge in [0.15, 0.2) is 0 Å². The number of nitrogens with zero attached hydrogens (tertiary/aromatic N) is 3. The molecule has 1 atom stereocenters. The molecule has 2 aliphatic rings. The minimum Gasteiger partial charge on any atom is -0.383 e. The topological polar surface area (TPSA) is 81.3 Å². The number of amides is 1. The van der Waals surface area contributed by atoms with Crippen LogP contribution in [-0.2, 0) is 17.9 Å². The van der Waals surface area contributed by atoms with E-state index in [1.54, 1.807) is 22.3 Å². The molecule has 0 unspecified atom stereocenters. The van der Waals surface area contributed by atoms with Crippen LogP contribution < -0.4 is 5.73 Å². The highest BCUT2D eigenvalue weighted by Crippen LogP contribution is 2.39. The van der Waals surface area contributed by atoms with E-state index in [0.717, 1.165) is 45.1 Å². The van der Waals surface area contributed by atoms with Gasteiger partial charge in [0, 0.05) is 30.1 Å². The van der Waals surface area contributed by atoms with Crippen LogP contribution in [0.4, 0.5) is 10.2 Å². The zero-order valence-electron chi connectivity index (χ0n) is 18.2. The fourth-order valence-corrected chi connectivity index (χ4v) is 5.41. The fraction of sp³-hybridized carbons (Fsp3) is 0.320. The predicted octanol–water partition coefficient (Wildman–Crippen LogP) is 5.21. The van der Waals surface area contributed by atoms with E-state index in [1.807, 2.05) is 24.6 Å². The van der Waals surface area contributed by atoms with Crippen LogP contribution >= 0.6 is 11.3 Å². The first-order valence-corrected chi connectivity index (χ1v) is 12.0. The minimum atomic E-state index is -0.579. The van der Waals surface area contributed by atoms with Crippen LogP contribution in [0.15, 0.2) is 35.8 Å². The summed E-state index contributed by atoms with van der Waals surface area (Å²) in [6.07, 6.45) is 2.03. The molecule has 6 nitrogen and oxygen atoms in total. The van der Waals surface area contributed by atoms with Crippen LogP contribution in [-0.4, -0.2) is 27.3 Å². The van der Waals surface area contributed by atoms with Crippen LogP contribution in [0.1, 0.15) is 52.9 Å². The van der Waals surface area contributed by atoms with E-state index < -0.39 is 5.82 Å². The largest absolute Gasteiger partial charge is 0.383 e. The molecule has 6 rings (SSSR count). The summed E-state index contributed by atoms with van der Waals surface area (Å²) in [5, 5.41) is 0.728. The Labute approximate surface area is 194 Å². The van der Waals surface area contributed by atoms with Gasteiger partial charge in [-0.15, -0.1) is 11.3 Å². The lowest BCUT2D eigenvalue weighted by atomic mass is 9.99. The summed E-state index contributed by atoms with van der Waals surface area (Å²) < 4.78 is 22.0. The average Bonchev–Trinajstić information content (AvgIpc) is 3.33. The summed E-state index contributed by atoms with van der Waals surface area (Å²) in [7, 11) is 0. The van der Waals surface area contributed by atoms with E-state index >= 15 is 4.39 Å². The number of carbonyl (C=O) groups is 1. The third kappa shape index (κ3) is 3.63. The molecule has 3 heterocycles. The lowest BCUT2D eigenvalue weighted by Gasteiger charge is -2.23. The number of ether oxygens (including phenoxy) is 1. The first kappa shape index (κ1) is 20.5. The summed E-state index contributed by atoms with van der Waals surface area (Å²) in [5.41, 5.74) is 12.1. The number of halogens is 1. The highest BCUT2D eigenvalue weighted by molar-refractivity contribution is 7.16. The fourth-order valence-electron chi connectivity index (χ4n) is 4.67. The molecule has 1 saturated carbocycles. The summed E-state index contributed by atoms with van der Waals surface area (Å²) in [6, 6.07) is 8.98. The molecular weight excluding hydrogens is 439 g/mol. The Hall–Kier alpha value is -3.10. The molecule has 4 aromatic rings. The first-order valence-electron chi connectivity index (χ1n) is 11.1. The molecule has 1 amide bonds. The van der Waals surface area contributed by atoms with Crippen molar-refractivity contribution in [2.24, 2.45) is 5.92 Å². The Balaban J connectivity index is 1.39. The standard InChI is InChI=1S/C25H23FN4O2S/c1-13-23-18(11-32-13)16-7-17(19(26)8-21(16)29-24(23)27)25(31)30(9-14-2-3-14)10-15-4-5-20-22(6-15)33-12-28-20/h4-8,12-14H,2-3,9-11H2,1H3,(H2,27,29)/t13-/m1/s1. The van der Waals surface area contributed by atoms with Gasteiger partial charge in [0.2, 0.25) is 0 Å². The second kappa shape index (κ2) is 7.74. The molecule has 2 aromatic carbocycles. The molecule has 168 valence electrons. The zero-order chi connectivity index (χ0) is 22.7. The second-order valence-corrected chi connectivity index (χ2v) is 9.86. The quantitative estimate of drug-likeness (QED) is 0.440. The number of nitrogen functional groups attached to an aromatic ring is 1. The molecule has 0 saturated heterocycles. The van der Waals surface area contributed by atoms with E-state index in [0.29, 0.717) is 36.9 Å². The zero-order valence-corrected chi connectivity index (χ0v) is 19.0. The van der Waals surface area contributed by atoms with Gasteiger partial charge in [-0.25, -0.2) is 14.4 Å². The molecule has 0 bridgehead atoms. The summed E-state index contributed by atoms with van der Waals surface area (Å²) in [6.45, 7) is 3.34. The second-order valence-electron chi connectivity index (χ2n) is 8.98. The van der Waals surface area contributed by atoms with Gasteiger partial charge in [0.25, 0.3) is 5.91 Å². The molecule has 2 N–H and O–H groups in total. The number of rotatable bonds is 5. The molecular formula is C25H23FN4O2S. The number of pyridine rings is 1. The number of hydrogen-bond acceptors (Lipinski definition) is 6. The van der Waals surface area contributed by atoms with Gasteiger partial charge in [-0.1, -0.05) is 6.07 Å². The van der Waals surface area contributed by atoms with Crippen molar-refractivity contribution in [2.45, 2.75) is 39.0 Å². The lowest BCUT2D eigenvalue weighted by molar-refractivity contribution is 0.0730. The molecule has 0 spiro atoms. The minimum absolute atomic E-state index is 0.0651. The SMILES string of the molecule is C[C@H]1OCc2c1c(N)nc1cc(F)c(C(=O)N(Cc3ccc4ncsc4c3)CC3CC3)cc21. The Kier molecular flexibility index (Phi) is 4.81. The van der Waals surface area contributed by atoms with Crippen molar-refractivity contribution in [1.29, 1.82) is 0 Å². The number of aromatic nitrogens is 2. The van der Waals surface area contributed by atoms with Crippen LogP contribution in [0.2, 0.25) is 0 Å². The van der Waals surface area contributed by atoms with Gasteiger partial charge in [0.05, 0.1) is 39.5 Å². The summed E-state index contributed by atoms with van der Waals surface area (Å²) in [5.74, 6) is -0.0485. The highest BCUT2D eigenvalue weighted by Gasteiger charge is 2.30. The Morgan fingerprint density at radius 2 is 2.12 bits per heavy atom. The van der Waals surface area contributed by atoms with Crippen molar-refractivity contribution in [2.75, 3.05) is 12.3 Å². The molecule has 0 radical (unpaired) electrons. The van der Waals surface area contributed by atoms with E-state index in [4.69, 9.17) is 10.5 Å². The summed E-state index contributed by atoms with van der Waals surface area (Å²) in [4.78, 5) is 24.1. The third-order valence-corrected chi connectivity index (χ3v) is 7.39. The van der Waals surface area contributed by atoms with E-state index in [2.05, 4.69) is 16.0 Å². The average molecular weight is 463 g/mol. The van der Waals surface area contributed by atoms with Crippen molar-refractivity contribution in [3.8, 4) is 0 Å². The number of fused-ring (bicyclic) bond motifs is 4. The maximum Gasteiger partial charge on any atom is 0.257 e. The third-order valence-electron chi connectivity index (χ3n) is 6.60. The van der Waals surface area contributed by atoms with Crippen LogP contribution in [0.3, 0.4) is 0 Å². The van der Waals surface area contributed by atoms with Crippen molar-refractivity contribution >= 4 is 44.2 Å². The van der Waals surface area contributed by atoms with E-state index in [1.165, 1.54) is 6.07 Å². The van der Waals surface area contributed by atoms with Crippen molar-refractivity contribution < 1.29 is 13.9 Å². The number of thiazole rings is 1. The Morgan fingerprint density at radius 3 is 2.94 bits per heavy atom. The maximum absolute atomic E-state index is 15.2. The lowest BCUT2D eigenvalue weighted by Crippen LogP contribution is -2.33. The molecule has 1 aliphatic heterocycles. The number of anilines is 1. The molecule has 33 heavy (non-hydrogen) atoms. The van der Waals surface area contributed by atoms with Gasteiger partial charge in [-0.2, -0.15) is 0 Å². The van der Waals surface area contributed by atoms with E-state index in [-0.39, 0.29) is 17.6 Å². The normalized spacial score (nSPS) is 17.6. The van der Waals surface area contributed by atoms with Gasteiger partial charge in [-0.3, -0.25) is 4.79 Å². The van der Waals surface area contributed by atoms with Crippen LogP contribution in [0, 0.1) is 11.7 Å². The number of benzene rings is 2. The Bertz CT molecular complexity index is 1410. The smallest absolute Gasteiger partial charge is 0.257 e.